The first-order valence-corrected chi connectivity index (χ1v) is 19.0. The van der Waals surface area contributed by atoms with Crippen molar-refractivity contribution in [2.75, 3.05) is 0 Å². The first-order chi connectivity index (χ1) is 11.1. The predicted molar refractivity (Wildman–Crippen MR) is 113 cm³/mol. The summed E-state index contributed by atoms with van der Waals surface area (Å²) in [6.07, 6.45) is 1.35. The summed E-state index contributed by atoms with van der Waals surface area (Å²) in [4.78, 5) is 12.0. The first-order valence-electron chi connectivity index (χ1n) is 8.75. The zero-order valence-corrected chi connectivity index (χ0v) is 20.6. The van der Waals surface area contributed by atoms with Crippen LogP contribution in [0.15, 0.2) is 10.3 Å². The molecule has 0 radical (unpaired) electrons. The topological polar surface area (TPSA) is 69.5 Å². The van der Waals surface area contributed by atoms with Gasteiger partial charge in [0.2, 0.25) is 8.32 Å². The Hall–Kier alpha value is -0.939. The summed E-state index contributed by atoms with van der Waals surface area (Å²) in [7, 11) is -5.34. The molecule has 0 bridgehead atoms. The van der Waals surface area contributed by atoms with Crippen LogP contribution in [0, 0.1) is 0 Å². The van der Waals surface area contributed by atoms with Crippen LogP contribution < -0.4 is 0 Å². The Bertz CT molecular complexity index is 501. The lowest BCUT2D eigenvalue weighted by Gasteiger charge is -2.18. The standard InChI is InChI=1S/C16H36N2O4Si3/c1-14(17-21-24(5,6)7)13-15(18-22-25(8,9)10)11-12-16(19)20-23(2,3)4/h11-13H2,1-10H3/b17-14+,18-15-. The number of carbonyl (C=O) groups excluding carboxylic acids is 1. The minimum absolute atomic E-state index is 0.173. The molecule has 0 saturated heterocycles. The fraction of sp³-hybridized carbons (Fsp3) is 0.812. The monoisotopic (exact) mass is 404 g/mol. The minimum atomic E-state index is -1.86. The second kappa shape index (κ2) is 9.67. The summed E-state index contributed by atoms with van der Waals surface area (Å²) in [5.41, 5.74) is 1.63. The Morgan fingerprint density at radius 2 is 1.24 bits per heavy atom. The lowest BCUT2D eigenvalue weighted by atomic mass is 10.1. The smallest absolute Gasteiger partial charge is 0.292 e. The summed E-state index contributed by atoms with van der Waals surface area (Å²) in [6.45, 7) is 20.4. The van der Waals surface area contributed by atoms with Crippen molar-refractivity contribution in [3.63, 3.8) is 0 Å². The molecule has 0 rings (SSSR count). The van der Waals surface area contributed by atoms with Crippen molar-refractivity contribution in [3.8, 4) is 0 Å². The Kier molecular flexibility index (Phi) is 9.31. The van der Waals surface area contributed by atoms with Gasteiger partial charge < -0.3 is 13.5 Å². The summed E-state index contributed by atoms with van der Waals surface area (Å²) < 4.78 is 16.7. The molecule has 0 aliphatic rings. The number of hydrogen-bond acceptors (Lipinski definition) is 6. The molecule has 25 heavy (non-hydrogen) atoms. The molecule has 0 unspecified atom stereocenters. The van der Waals surface area contributed by atoms with Crippen molar-refractivity contribution >= 4 is 42.3 Å². The lowest BCUT2D eigenvalue weighted by molar-refractivity contribution is -0.134. The zero-order valence-electron chi connectivity index (χ0n) is 17.6. The molecule has 0 aromatic heterocycles. The Morgan fingerprint density at radius 1 is 0.760 bits per heavy atom. The molecule has 0 heterocycles. The van der Waals surface area contributed by atoms with Crippen molar-refractivity contribution < 1.29 is 18.3 Å². The number of hydrogen-bond donors (Lipinski definition) is 0. The summed E-state index contributed by atoms with van der Waals surface area (Å²) in [5, 5.41) is 8.51. The quantitative estimate of drug-likeness (QED) is 0.293. The van der Waals surface area contributed by atoms with Crippen molar-refractivity contribution in [2.24, 2.45) is 10.3 Å². The number of nitrogens with zero attached hydrogens (tertiary/aromatic N) is 2. The van der Waals surface area contributed by atoms with Crippen LogP contribution in [0.1, 0.15) is 26.2 Å². The van der Waals surface area contributed by atoms with Gasteiger partial charge >= 0.3 is 0 Å². The largest absolute Gasteiger partial charge is 0.520 e. The molecule has 0 saturated carbocycles. The van der Waals surface area contributed by atoms with Crippen molar-refractivity contribution in [1.82, 2.24) is 0 Å². The average molecular weight is 405 g/mol. The van der Waals surface area contributed by atoms with Gasteiger partial charge in [0, 0.05) is 12.8 Å². The van der Waals surface area contributed by atoms with Crippen LogP contribution in [0.25, 0.3) is 0 Å². The van der Waals surface area contributed by atoms with Gasteiger partial charge in [-0.2, -0.15) is 0 Å². The van der Waals surface area contributed by atoms with E-state index in [-0.39, 0.29) is 5.97 Å². The van der Waals surface area contributed by atoms with Crippen molar-refractivity contribution in [2.45, 2.75) is 85.1 Å². The van der Waals surface area contributed by atoms with Crippen LogP contribution in [-0.4, -0.2) is 42.3 Å². The van der Waals surface area contributed by atoms with Gasteiger partial charge in [-0.15, -0.1) is 10.3 Å². The maximum atomic E-state index is 12.0. The maximum absolute atomic E-state index is 12.0. The summed E-state index contributed by atoms with van der Waals surface area (Å²) in [6, 6.07) is 0. The van der Waals surface area contributed by atoms with E-state index >= 15 is 0 Å². The molecule has 0 aromatic rings. The summed E-state index contributed by atoms with van der Waals surface area (Å²) in [5.74, 6) is -0.173. The highest BCUT2D eigenvalue weighted by Gasteiger charge is 2.21. The molecule has 6 nitrogen and oxygen atoms in total. The van der Waals surface area contributed by atoms with E-state index in [0.29, 0.717) is 19.3 Å². The Balaban J connectivity index is 4.91. The second-order valence-corrected chi connectivity index (χ2v) is 22.4. The minimum Gasteiger partial charge on any atom is -0.520 e. The van der Waals surface area contributed by atoms with Crippen LogP contribution in [-0.2, 0) is 18.3 Å². The molecule has 0 aliphatic carbocycles. The molecular formula is C16H36N2O4Si3. The van der Waals surface area contributed by atoms with Gasteiger partial charge in [-0.05, 0) is 72.3 Å². The van der Waals surface area contributed by atoms with E-state index in [9.17, 15) is 4.79 Å². The highest BCUT2D eigenvalue weighted by Crippen LogP contribution is 2.11. The van der Waals surface area contributed by atoms with E-state index in [0.717, 1.165) is 11.4 Å². The molecule has 0 spiro atoms. The fourth-order valence-electron chi connectivity index (χ4n) is 1.55. The third-order valence-electron chi connectivity index (χ3n) is 2.42. The van der Waals surface area contributed by atoms with Gasteiger partial charge in [0.1, 0.15) is 0 Å². The van der Waals surface area contributed by atoms with Crippen LogP contribution >= 0.6 is 0 Å². The third-order valence-corrected chi connectivity index (χ3v) is 4.54. The molecule has 0 fully saturated rings. The first kappa shape index (κ1) is 24.1. The third kappa shape index (κ3) is 16.3. The molecule has 9 heteroatoms. The molecule has 0 amide bonds. The Labute approximate surface area is 156 Å². The second-order valence-electron chi connectivity index (χ2n) is 9.15. The van der Waals surface area contributed by atoms with Gasteiger partial charge in [-0.25, -0.2) is 0 Å². The average Bonchev–Trinajstić information content (AvgIpc) is 2.35. The number of rotatable bonds is 10. The van der Waals surface area contributed by atoms with E-state index in [1.54, 1.807) is 0 Å². The zero-order chi connectivity index (χ0) is 19.9. The van der Waals surface area contributed by atoms with Crippen LogP contribution in [0.4, 0.5) is 0 Å². The summed E-state index contributed by atoms with van der Waals surface area (Å²) >= 11 is 0. The predicted octanol–water partition coefficient (Wildman–Crippen LogP) is 4.97. The van der Waals surface area contributed by atoms with E-state index < -0.39 is 25.0 Å². The molecule has 0 aromatic carbocycles. The van der Waals surface area contributed by atoms with E-state index in [2.05, 4.69) is 49.6 Å². The van der Waals surface area contributed by atoms with Gasteiger partial charge in [-0.3, -0.25) is 4.79 Å². The normalized spacial score (nSPS) is 14.3. The van der Waals surface area contributed by atoms with Crippen LogP contribution in [0.2, 0.25) is 58.9 Å². The van der Waals surface area contributed by atoms with E-state index in [4.69, 9.17) is 13.5 Å². The van der Waals surface area contributed by atoms with Gasteiger partial charge in [-0.1, -0.05) is 0 Å². The van der Waals surface area contributed by atoms with Gasteiger partial charge in [0.25, 0.3) is 22.6 Å². The highest BCUT2D eigenvalue weighted by molar-refractivity contribution is 6.71. The van der Waals surface area contributed by atoms with E-state index in [1.807, 2.05) is 26.6 Å². The number of oxime groups is 2. The maximum Gasteiger partial charge on any atom is 0.292 e. The molecule has 146 valence electrons. The van der Waals surface area contributed by atoms with Crippen LogP contribution in [0.3, 0.4) is 0 Å². The van der Waals surface area contributed by atoms with Crippen molar-refractivity contribution in [3.05, 3.63) is 0 Å². The lowest BCUT2D eigenvalue weighted by Crippen LogP contribution is -2.29. The molecule has 0 N–H and O–H groups in total. The number of carbonyl (C=O) groups is 1. The van der Waals surface area contributed by atoms with E-state index in [1.165, 1.54) is 0 Å². The fourth-order valence-corrected chi connectivity index (χ4v) is 3.17. The van der Waals surface area contributed by atoms with Gasteiger partial charge in [0.15, 0.2) is 0 Å². The molecular weight excluding hydrogens is 368 g/mol. The van der Waals surface area contributed by atoms with Gasteiger partial charge in [0.05, 0.1) is 11.4 Å². The SMILES string of the molecule is C/C(C/C(CCC(=O)O[Si](C)(C)C)=N\O[Si](C)(C)C)=N\O[Si](C)(C)C. The Morgan fingerprint density at radius 3 is 1.68 bits per heavy atom. The molecule has 0 aliphatic heterocycles. The highest BCUT2D eigenvalue weighted by atomic mass is 28.4. The van der Waals surface area contributed by atoms with Crippen LogP contribution in [0.5, 0.6) is 0 Å². The van der Waals surface area contributed by atoms with Crippen molar-refractivity contribution in [1.29, 1.82) is 0 Å². The molecule has 0 atom stereocenters.